The molecule has 1 aliphatic rings. The van der Waals surface area contributed by atoms with Crippen LogP contribution in [0.2, 0.25) is 0 Å². The van der Waals surface area contributed by atoms with Crippen molar-refractivity contribution in [1.82, 2.24) is 10.3 Å². The van der Waals surface area contributed by atoms with E-state index in [-0.39, 0.29) is 5.69 Å². The lowest BCUT2D eigenvalue weighted by Crippen LogP contribution is -2.44. The van der Waals surface area contributed by atoms with Gasteiger partial charge in [-0.05, 0) is 43.5 Å². The Morgan fingerprint density at radius 2 is 1.83 bits per heavy atom. The van der Waals surface area contributed by atoms with Crippen LogP contribution in [0.3, 0.4) is 0 Å². The minimum atomic E-state index is -1.04. The standard InChI is InChI=1S/C21H20N4O4/c1-21(14-13-16-8-3-2-4-9-16)19(26)24(20(27)23-21)22-15-7-11-17-10-5-6-12-18(17)25(28)29/h2-12,15H,13-14H2,1H3,(H,23,27)/b11-7+,22-15-/t21-/m1/s1. The molecule has 8 heteroatoms. The summed E-state index contributed by atoms with van der Waals surface area (Å²) in [5.41, 5.74) is 0.395. The van der Waals surface area contributed by atoms with Crippen molar-refractivity contribution in [2.24, 2.45) is 5.10 Å². The van der Waals surface area contributed by atoms with Crippen LogP contribution in [-0.2, 0) is 11.2 Å². The molecule has 2 aromatic carbocycles. The highest BCUT2D eigenvalue weighted by Crippen LogP contribution is 2.23. The number of nitrogens with zero attached hydrogens (tertiary/aromatic N) is 3. The van der Waals surface area contributed by atoms with Crippen LogP contribution < -0.4 is 5.32 Å². The van der Waals surface area contributed by atoms with Gasteiger partial charge in [0.25, 0.3) is 11.6 Å². The number of urea groups is 1. The number of amides is 3. The van der Waals surface area contributed by atoms with Crippen molar-refractivity contribution >= 4 is 29.9 Å². The Morgan fingerprint density at radius 1 is 1.14 bits per heavy atom. The average molecular weight is 392 g/mol. The second-order valence-electron chi connectivity index (χ2n) is 6.80. The lowest BCUT2D eigenvalue weighted by Gasteiger charge is -2.20. The van der Waals surface area contributed by atoms with Gasteiger partial charge >= 0.3 is 6.03 Å². The molecule has 0 bridgehead atoms. The monoisotopic (exact) mass is 392 g/mol. The van der Waals surface area contributed by atoms with Gasteiger partial charge in [-0.1, -0.05) is 42.5 Å². The summed E-state index contributed by atoms with van der Waals surface area (Å²) in [5.74, 6) is -0.436. The molecule has 3 rings (SSSR count). The van der Waals surface area contributed by atoms with Crippen LogP contribution in [0.5, 0.6) is 0 Å². The largest absolute Gasteiger partial charge is 0.346 e. The summed E-state index contributed by atoms with van der Waals surface area (Å²) < 4.78 is 0. The van der Waals surface area contributed by atoms with Gasteiger partial charge < -0.3 is 5.32 Å². The highest BCUT2D eigenvalue weighted by Gasteiger charge is 2.47. The average Bonchev–Trinajstić information content (AvgIpc) is 2.93. The van der Waals surface area contributed by atoms with Gasteiger partial charge in [-0.25, -0.2) is 4.79 Å². The van der Waals surface area contributed by atoms with E-state index in [0.717, 1.165) is 10.6 Å². The third-order valence-corrected chi connectivity index (χ3v) is 4.67. The molecule has 0 spiro atoms. The SMILES string of the molecule is C[C@]1(CCc2ccccc2)NC(=O)N(/N=C\C=C\c2ccccc2[N+](=O)[O-])C1=O. The molecule has 0 aliphatic carbocycles. The molecule has 1 fully saturated rings. The van der Waals surface area contributed by atoms with Gasteiger partial charge in [0.15, 0.2) is 0 Å². The zero-order chi connectivity index (χ0) is 20.9. The first-order valence-electron chi connectivity index (χ1n) is 9.05. The molecule has 0 saturated carbocycles. The third-order valence-electron chi connectivity index (χ3n) is 4.67. The number of hydrazone groups is 1. The number of hydrogen-bond donors (Lipinski definition) is 1. The topological polar surface area (TPSA) is 105 Å². The molecule has 1 saturated heterocycles. The predicted molar refractivity (Wildman–Crippen MR) is 109 cm³/mol. The van der Waals surface area contributed by atoms with Crippen molar-refractivity contribution in [3.63, 3.8) is 0 Å². The van der Waals surface area contributed by atoms with Crippen molar-refractivity contribution in [2.45, 2.75) is 25.3 Å². The van der Waals surface area contributed by atoms with Crippen LogP contribution in [-0.4, -0.2) is 33.6 Å². The quantitative estimate of drug-likeness (QED) is 0.337. The summed E-state index contributed by atoms with van der Waals surface area (Å²) in [6.45, 7) is 1.68. The normalized spacial score (nSPS) is 19.3. The first-order valence-corrected chi connectivity index (χ1v) is 9.05. The summed E-state index contributed by atoms with van der Waals surface area (Å²) in [5, 5.41) is 18.4. The van der Waals surface area contributed by atoms with E-state index in [1.165, 1.54) is 24.4 Å². The van der Waals surface area contributed by atoms with Gasteiger partial charge in [-0.2, -0.15) is 5.10 Å². The van der Waals surface area contributed by atoms with Gasteiger partial charge in [0.05, 0.1) is 10.5 Å². The Hall–Kier alpha value is -3.81. The maximum atomic E-state index is 12.7. The fourth-order valence-electron chi connectivity index (χ4n) is 3.03. The van der Waals surface area contributed by atoms with Crippen LogP contribution in [0.25, 0.3) is 6.08 Å². The summed E-state index contributed by atoms with van der Waals surface area (Å²) in [4.78, 5) is 35.4. The van der Waals surface area contributed by atoms with Crippen LogP contribution >= 0.6 is 0 Å². The number of allylic oxidation sites excluding steroid dienone is 1. The van der Waals surface area contributed by atoms with E-state index >= 15 is 0 Å². The molecule has 3 amide bonds. The smallest absolute Gasteiger partial charge is 0.322 e. The van der Waals surface area contributed by atoms with Crippen molar-refractivity contribution < 1.29 is 14.5 Å². The molecule has 29 heavy (non-hydrogen) atoms. The van der Waals surface area contributed by atoms with E-state index in [1.807, 2.05) is 30.3 Å². The number of nitro groups is 1. The Kier molecular flexibility index (Phi) is 5.82. The van der Waals surface area contributed by atoms with Crippen LogP contribution in [0.4, 0.5) is 10.5 Å². The minimum absolute atomic E-state index is 0.0411. The number of para-hydroxylation sites is 1. The van der Waals surface area contributed by atoms with E-state index in [1.54, 1.807) is 25.1 Å². The lowest BCUT2D eigenvalue weighted by atomic mass is 9.93. The number of nitro benzene ring substituents is 1. The zero-order valence-corrected chi connectivity index (χ0v) is 15.8. The number of hydrogen-bond acceptors (Lipinski definition) is 5. The van der Waals surface area contributed by atoms with E-state index in [0.29, 0.717) is 18.4 Å². The Morgan fingerprint density at radius 3 is 2.55 bits per heavy atom. The minimum Gasteiger partial charge on any atom is -0.322 e. The van der Waals surface area contributed by atoms with Gasteiger partial charge in [0, 0.05) is 12.3 Å². The van der Waals surface area contributed by atoms with E-state index in [2.05, 4.69) is 10.4 Å². The van der Waals surface area contributed by atoms with Crippen LogP contribution in [0.15, 0.2) is 65.8 Å². The molecule has 0 unspecified atom stereocenters. The van der Waals surface area contributed by atoms with Crippen LogP contribution in [0, 0.1) is 10.1 Å². The number of rotatable bonds is 7. The van der Waals surface area contributed by atoms with Crippen molar-refractivity contribution in [3.05, 3.63) is 81.9 Å². The molecule has 0 radical (unpaired) electrons. The first kappa shape index (κ1) is 19.9. The molecule has 2 aromatic rings. The van der Waals surface area contributed by atoms with E-state index in [4.69, 9.17) is 0 Å². The first-order chi connectivity index (χ1) is 13.9. The van der Waals surface area contributed by atoms with Crippen molar-refractivity contribution in [2.75, 3.05) is 0 Å². The summed E-state index contributed by atoms with van der Waals surface area (Å²) in [6.07, 6.45) is 5.28. The molecule has 1 N–H and O–H groups in total. The Bertz CT molecular complexity index is 987. The van der Waals surface area contributed by atoms with Crippen molar-refractivity contribution in [1.29, 1.82) is 0 Å². The predicted octanol–water partition coefficient (Wildman–Crippen LogP) is 3.54. The summed E-state index contributed by atoms with van der Waals surface area (Å²) in [6, 6.07) is 15.3. The second kappa shape index (κ2) is 8.47. The summed E-state index contributed by atoms with van der Waals surface area (Å²) >= 11 is 0. The molecule has 1 atom stereocenters. The molecule has 8 nitrogen and oxygen atoms in total. The molecule has 0 aromatic heterocycles. The molecular weight excluding hydrogens is 372 g/mol. The number of nitrogens with one attached hydrogen (secondary N) is 1. The molecule has 1 heterocycles. The fraction of sp³-hybridized carbons (Fsp3) is 0.190. The number of carbonyl (C=O) groups is 2. The molecular formula is C21H20N4O4. The second-order valence-corrected chi connectivity index (χ2v) is 6.80. The van der Waals surface area contributed by atoms with Gasteiger partial charge in [0.2, 0.25) is 0 Å². The number of carbonyl (C=O) groups excluding carboxylic acids is 2. The van der Waals surface area contributed by atoms with Gasteiger partial charge in [-0.15, -0.1) is 5.01 Å². The highest BCUT2D eigenvalue weighted by molar-refractivity contribution is 6.07. The lowest BCUT2D eigenvalue weighted by molar-refractivity contribution is -0.385. The van der Waals surface area contributed by atoms with Crippen LogP contribution in [0.1, 0.15) is 24.5 Å². The highest BCUT2D eigenvalue weighted by atomic mass is 16.6. The third kappa shape index (κ3) is 4.55. The fourth-order valence-corrected chi connectivity index (χ4v) is 3.03. The van der Waals surface area contributed by atoms with Gasteiger partial charge in [0.1, 0.15) is 5.54 Å². The maximum Gasteiger partial charge on any atom is 0.346 e. The number of aryl methyl sites for hydroxylation is 1. The molecule has 1 aliphatic heterocycles. The molecule has 148 valence electrons. The maximum absolute atomic E-state index is 12.7. The van der Waals surface area contributed by atoms with E-state index in [9.17, 15) is 19.7 Å². The number of benzene rings is 2. The number of imide groups is 1. The summed E-state index contributed by atoms with van der Waals surface area (Å²) in [7, 11) is 0. The van der Waals surface area contributed by atoms with Crippen molar-refractivity contribution in [3.8, 4) is 0 Å². The zero-order valence-electron chi connectivity index (χ0n) is 15.8. The van der Waals surface area contributed by atoms with Gasteiger partial charge in [-0.3, -0.25) is 14.9 Å². The van der Waals surface area contributed by atoms with E-state index < -0.39 is 22.4 Å². The Balaban J connectivity index is 1.66. The Labute approximate surface area is 167 Å².